The number of H-pyrrole nitrogens is 1. The van der Waals surface area contributed by atoms with Gasteiger partial charge in [-0.25, -0.2) is 0 Å². The second kappa shape index (κ2) is 10.6. The number of carbonyl (C=O) groups excluding carboxylic acids is 1. The number of hydrogen-bond donors (Lipinski definition) is 3. The van der Waals surface area contributed by atoms with E-state index >= 15 is 0 Å². The average Bonchev–Trinajstić information content (AvgIpc) is 3.14. The summed E-state index contributed by atoms with van der Waals surface area (Å²) in [6.45, 7) is 0.452. The minimum Gasteiger partial charge on any atom is -0.492 e. The molecule has 0 bridgehead atoms. The van der Waals surface area contributed by atoms with Gasteiger partial charge in [0.2, 0.25) is 0 Å². The molecule has 0 radical (unpaired) electrons. The molecule has 0 saturated heterocycles. The molecule has 1 atom stereocenters. The van der Waals surface area contributed by atoms with Crippen molar-refractivity contribution in [2.45, 2.75) is 31.7 Å². The van der Waals surface area contributed by atoms with E-state index in [4.69, 9.17) is 4.74 Å². The molecule has 3 aromatic carbocycles. The highest BCUT2D eigenvalue weighted by Crippen LogP contribution is 2.31. The topological polar surface area (TPSA) is 74.4 Å². The van der Waals surface area contributed by atoms with Crippen LogP contribution in [0.1, 0.15) is 45.5 Å². The Kier molecular flexibility index (Phi) is 6.96. The Morgan fingerprint density at radius 1 is 1.03 bits per heavy atom. The van der Waals surface area contributed by atoms with Crippen molar-refractivity contribution in [1.29, 1.82) is 0 Å². The molecule has 0 fully saturated rings. The maximum absolute atomic E-state index is 13.5. The van der Waals surface area contributed by atoms with Crippen LogP contribution in [-0.2, 0) is 12.8 Å². The third-order valence-electron chi connectivity index (χ3n) is 6.48. The predicted molar refractivity (Wildman–Crippen MR) is 141 cm³/mol. The predicted octanol–water partition coefficient (Wildman–Crippen LogP) is 5.39. The molecule has 0 aliphatic carbocycles. The van der Waals surface area contributed by atoms with Crippen molar-refractivity contribution in [2.24, 2.45) is 0 Å². The first kappa shape index (κ1) is 22.9. The van der Waals surface area contributed by atoms with Crippen molar-refractivity contribution in [1.82, 2.24) is 10.3 Å². The summed E-state index contributed by atoms with van der Waals surface area (Å²) in [4.78, 5) is 16.7. The Hall–Kier alpha value is -3.83. The minimum absolute atomic E-state index is 0.151. The van der Waals surface area contributed by atoms with E-state index in [0.717, 1.165) is 52.4 Å². The fourth-order valence-electron chi connectivity index (χ4n) is 4.67. The lowest BCUT2D eigenvalue weighted by atomic mass is 9.98. The molecule has 0 saturated carbocycles. The molecule has 5 heteroatoms. The highest BCUT2D eigenvalue weighted by Gasteiger charge is 2.22. The number of ether oxygens (including phenoxy) is 1. The second-order valence-electron chi connectivity index (χ2n) is 9.02. The second-order valence-corrected chi connectivity index (χ2v) is 9.02. The van der Waals surface area contributed by atoms with Gasteiger partial charge in [0.25, 0.3) is 5.91 Å². The molecule has 0 spiro atoms. The number of carbonyl (C=O) groups is 1. The Morgan fingerprint density at radius 3 is 2.69 bits per heavy atom. The van der Waals surface area contributed by atoms with Crippen LogP contribution in [0.5, 0.6) is 5.75 Å². The van der Waals surface area contributed by atoms with E-state index in [0.29, 0.717) is 24.3 Å². The number of nitrogens with one attached hydrogen (secondary N) is 2. The fourth-order valence-corrected chi connectivity index (χ4v) is 4.67. The molecule has 1 aromatic heterocycles. The number of aliphatic hydroxyl groups is 1. The lowest BCUT2D eigenvalue weighted by Gasteiger charge is -2.19. The van der Waals surface area contributed by atoms with Gasteiger partial charge in [-0.15, -0.1) is 0 Å². The van der Waals surface area contributed by atoms with Crippen molar-refractivity contribution in [2.75, 3.05) is 13.2 Å². The largest absolute Gasteiger partial charge is 0.492 e. The quantitative estimate of drug-likeness (QED) is 0.320. The zero-order chi connectivity index (χ0) is 24.0. The summed E-state index contributed by atoms with van der Waals surface area (Å²) in [7, 11) is 0. The average molecular weight is 467 g/mol. The summed E-state index contributed by atoms with van der Waals surface area (Å²) in [5.41, 5.74) is 5.75. The fraction of sp³-hybridized carbons (Fsp3) is 0.233. The standard InChI is InChI=1S/C30H30N2O3/c33-20-25(18-24-19-31-28-12-5-4-11-26(24)28)32-30(34)27-17-22(14-13-21-8-2-1-3-9-21)16-23-10-6-7-15-35-29(23)27/h1-5,8-9,11-14,16-17,19,25,31,33H,6-7,10,15,18,20H2,(H,32,34)/b14-13+/t25-/m1/s1. The van der Waals surface area contributed by atoms with Crippen molar-refractivity contribution in [3.63, 3.8) is 0 Å². The van der Waals surface area contributed by atoms with Gasteiger partial charge in [-0.3, -0.25) is 4.79 Å². The van der Waals surface area contributed by atoms with Crippen LogP contribution in [0.25, 0.3) is 23.1 Å². The highest BCUT2D eigenvalue weighted by atomic mass is 16.5. The number of fused-ring (bicyclic) bond motifs is 2. The van der Waals surface area contributed by atoms with Gasteiger partial charge in [0, 0.05) is 17.1 Å². The van der Waals surface area contributed by atoms with Crippen LogP contribution >= 0.6 is 0 Å². The van der Waals surface area contributed by atoms with Gasteiger partial charge >= 0.3 is 0 Å². The number of amides is 1. The van der Waals surface area contributed by atoms with Gasteiger partial charge in [0.05, 0.1) is 24.8 Å². The molecule has 4 aromatic rings. The van der Waals surface area contributed by atoms with Gasteiger partial charge in [-0.05, 0) is 66.1 Å². The number of rotatable bonds is 7. The molecule has 1 aliphatic rings. The third-order valence-corrected chi connectivity index (χ3v) is 6.48. The van der Waals surface area contributed by atoms with Crippen molar-refractivity contribution in [3.8, 4) is 5.75 Å². The number of aryl methyl sites for hydroxylation is 1. The van der Waals surface area contributed by atoms with Crippen LogP contribution in [0.2, 0.25) is 0 Å². The van der Waals surface area contributed by atoms with Crippen molar-refractivity contribution < 1.29 is 14.6 Å². The van der Waals surface area contributed by atoms with Gasteiger partial charge in [0.15, 0.2) is 0 Å². The van der Waals surface area contributed by atoms with Gasteiger partial charge in [0.1, 0.15) is 5.75 Å². The van der Waals surface area contributed by atoms with Crippen LogP contribution in [0.15, 0.2) is 72.9 Å². The van der Waals surface area contributed by atoms with Gasteiger partial charge < -0.3 is 20.1 Å². The van der Waals surface area contributed by atoms with Crippen molar-refractivity contribution >= 4 is 29.0 Å². The molecule has 1 amide bonds. The van der Waals surface area contributed by atoms with E-state index < -0.39 is 6.04 Å². The Labute approximate surface area is 205 Å². The lowest BCUT2D eigenvalue weighted by molar-refractivity contribution is 0.0912. The van der Waals surface area contributed by atoms with Gasteiger partial charge in [-0.1, -0.05) is 60.7 Å². The zero-order valence-corrected chi connectivity index (χ0v) is 19.7. The number of aliphatic hydroxyl groups excluding tert-OH is 1. The number of hydrogen-bond acceptors (Lipinski definition) is 3. The monoisotopic (exact) mass is 466 g/mol. The summed E-state index contributed by atoms with van der Waals surface area (Å²) in [6, 6.07) is 21.7. The molecular weight excluding hydrogens is 436 g/mol. The van der Waals surface area contributed by atoms with Crippen LogP contribution in [0.4, 0.5) is 0 Å². The molecule has 5 rings (SSSR count). The normalized spacial score (nSPS) is 14.3. The van der Waals surface area contributed by atoms with Gasteiger partial charge in [-0.2, -0.15) is 0 Å². The van der Waals surface area contributed by atoms with E-state index in [9.17, 15) is 9.90 Å². The summed E-state index contributed by atoms with van der Waals surface area (Å²) in [5.74, 6) is 0.442. The van der Waals surface area contributed by atoms with E-state index in [1.807, 2.05) is 72.9 Å². The summed E-state index contributed by atoms with van der Waals surface area (Å²) < 4.78 is 6.04. The summed E-state index contributed by atoms with van der Waals surface area (Å²) >= 11 is 0. The number of para-hydroxylation sites is 1. The summed E-state index contributed by atoms with van der Waals surface area (Å²) in [6.07, 6.45) is 9.43. The molecule has 5 nitrogen and oxygen atoms in total. The molecule has 2 heterocycles. The first-order valence-electron chi connectivity index (χ1n) is 12.2. The molecule has 178 valence electrons. The van der Waals surface area contributed by atoms with E-state index in [1.54, 1.807) is 0 Å². The molecule has 1 aliphatic heterocycles. The maximum Gasteiger partial charge on any atom is 0.255 e. The van der Waals surface area contributed by atoms with Crippen LogP contribution in [0.3, 0.4) is 0 Å². The molecular formula is C30H30N2O3. The third kappa shape index (κ3) is 5.31. The van der Waals surface area contributed by atoms with E-state index in [-0.39, 0.29) is 12.5 Å². The van der Waals surface area contributed by atoms with Crippen LogP contribution < -0.4 is 10.1 Å². The van der Waals surface area contributed by atoms with Crippen LogP contribution in [-0.4, -0.2) is 35.3 Å². The first-order valence-corrected chi connectivity index (χ1v) is 12.2. The summed E-state index contributed by atoms with van der Waals surface area (Å²) in [5, 5.41) is 14.2. The molecule has 3 N–H and O–H groups in total. The Bertz CT molecular complexity index is 1340. The molecule has 35 heavy (non-hydrogen) atoms. The minimum atomic E-state index is -0.411. The molecule has 0 unspecified atom stereocenters. The lowest BCUT2D eigenvalue weighted by Crippen LogP contribution is -2.39. The van der Waals surface area contributed by atoms with E-state index in [2.05, 4.69) is 22.4 Å². The zero-order valence-electron chi connectivity index (χ0n) is 19.7. The first-order chi connectivity index (χ1) is 17.2. The highest BCUT2D eigenvalue weighted by molar-refractivity contribution is 5.98. The van der Waals surface area contributed by atoms with Crippen LogP contribution in [0, 0.1) is 0 Å². The SMILES string of the molecule is O=C(N[C@@H](CO)Cc1c[nH]c2ccccc12)c1cc(/C=C/c2ccccc2)cc2c1OCCCC2. The maximum atomic E-state index is 13.5. The number of aromatic amines is 1. The Balaban J connectivity index is 1.41. The number of benzene rings is 3. The smallest absolute Gasteiger partial charge is 0.255 e. The number of aromatic nitrogens is 1. The van der Waals surface area contributed by atoms with E-state index in [1.165, 1.54) is 0 Å². The van der Waals surface area contributed by atoms with Crippen molar-refractivity contribution in [3.05, 3.63) is 101 Å². The Morgan fingerprint density at radius 2 is 1.83 bits per heavy atom.